The number of hydrogen-bond acceptors (Lipinski definition) is 12. The quantitative estimate of drug-likeness (QED) is 0.0373. The number of ether oxygens (including phenoxy) is 3. The first-order chi connectivity index (χ1) is 29.0. The molecule has 0 spiro atoms. The zero-order chi connectivity index (χ0) is 42.6. The molecule has 296 valence electrons. The van der Waals surface area contributed by atoms with Gasteiger partial charge in [-0.2, -0.15) is 0 Å². The first kappa shape index (κ1) is 41.4. The SMILES string of the molecule is CC(=O)c1ccc(/C(=C\c2ccnc(-c3cc(/C=C(/OC=O)c4ccc(C(C)=O)cc4)cc(-c4cc(/C=C(/OC=O)c5ccc(C(C)=O)cc5)ccn4)n3)c2)OC=O)cc1. The molecule has 0 unspecified atom stereocenters. The minimum absolute atomic E-state index is 0.103. The summed E-state index contributed by atoms with van der Waals surface area (Å²) in [5.41, 5.74) is 6.55. The topological polar surface area (TPSA) is 169 Å². The van der Waals surface area contributed by atoms with Crippen molar-refractivity contribution >= 4 is 72.3 Å². The van der Waals surface area contributed by atoms with Crippen molar-refractivity contribution < 1.29 is 43.0 Å². The molecule has 12 heteroatoms. The molecule has 3 heterocycles. The number of hydrogen-bond donors (Lipinski definition) is 0. The third-order valence-corrected chi connectivity index (χ3v) is 9.09. The number of Topliss-reactive ketones (excluding diaryl/α,β-unsaturated/α-hetero) is 3. The molecule has 0 amide bonds. The number of rotatable bonds is 17. The zero-order valence-electron chi connectivity index (χ0n) is 32.5. The summed E-state index contributed by atoms with van der Waals surface area (Å²) in [4.78, 5) is 84.5. The van der Waals surface area contributed by atoms with Gasteiger partial charge in [0.05, 0.1) is 22.8 Å². The second-order valence-electron chi connectivity index (χ2n) is 13.2. The highest BCUT2D eigenvalue weighted by Gasteiger charge is 2.14. The molecule has 0 aliphatic heterocycles. The van der Waals surface area contributed by atoms with Gasteiger partial charge in [-0.05, 0) is 92.1 Å². The van der Waals surface area contributed by atoms with Gasteiger partial charge < -0.3 is 14.2 Å². The van der Waals surface area contributed by atoms with Crippen LogP contribution in [0.25, 0.3) is 58.3 Å². The maximum atomic E-state index is 11.9. The lowest BCUT2D eigenvalue weighted by Gasteiger charge is -2.11. The Kier molecular flexibility index (Phi) is 13.3. The Morgan fingerprint density at radius 1 is 0.400 bits per heavy atom. The lowest BCUT2D eigenvalue weighted by molar-refractivity contribution is -0.123. The average Bonchev–Trinajstić information content (AvgIpc) is 3.26. The van der Waals surface area contributed by atoms with Gasteiger partial charge in [0.15, 0.2) is 17.3 Å². The summed E-state index contributed by atoms with van der Waals surface area (Å²) >= 11 is 0. The van der Waals surface area contributed by atoms with E-state index in [1.807, 2.05) is 0 Å². The van der Waals surface area contributed by atoms with Gasteiger partial charge in [-0.15, -0.1) is 0 Å². The number of carbonyl (C=O) groups excluding carboxylic acids is 6. The molecule has 0 radical (unpaired) electrons. The summed E-state index contributed by atoms with van der Waals surface area (Å²) in [7, 11) is 0. The maximum absolute atomic E-state index is 11.9. The predicted molar refractivity (Wildman–Crippen MR) is 225 cm³/mol. The van der Waals surface area contributed by atoms with Crippen LogP contribution >= 0.6 is 0 Å². The van der Waals surface area contributed by atoms with E-state index in [-0.39, 0.29) is 34.6 Å². The highest BCUT2D eigenvalue weighted by Crippen LogP contribution is 2.29. The average molecular weight is 798 g/mol. The van der Waals surface area contributed by atoms with Crippen LogP contribution in [0.2, 0.25) is 0 Å². The molecule has 0 aliphatic rings. The van der Waals surface area contributed by atoms with E-state index in [1.54, 1.807) is 140 Å². The van der Waals surface area contributed by atoms with Gasteiger partial charge in [0.1, 0.15) is 17.3 Å². The standard InChI is InChI=1S/C48H35N3O9/c1-30(55)36-4-10-39(11-5-36)46(58-27-52)24-33-16-18-49-42(20-33)44-22-35(26-48(60-29-54)41-14-8-38(9-15-41)32(3)57)23-45(51-44)43-21-34(17-19-50-43)25-47(59-28-53)40-12-6-37(7-13-40)31(2)56/h4-29H,1-3H3/b46-24+,47-25+,48-26+. The monoisotopic (exact) mass is 797 g/mol. The molecule has 6 aromatic rings. The highest BCUT2D eigenvalue weighted by molar-refractivity contribution is 5.96. The highest BCUT2D eigenvalue weighted by atomic mass is 16.5. The normalized spacial score (nSPS) is 11.6. The summed E-state index contributed by atoms with van der Waals surface area (Å²) < 4.78 is 16.1. The van der Waals surface area contributed by atoms with Gasteiger partial charge in [0, 0.05) is 45.8 Å². The van der Waals surface area contributed by atoms with Crippen molar-refractivity contribution in [3.05, 3.63) is 172 Å². The lowest BCUT2D eigenvalue weighted by Crippen LogP contribution is -1.97. The van der Waals surface area contributed by atoms with Crippen molar-refractivity contribution in [3.8, 4) is 22.8 Å². The second kappa shape index (κ2) is 19.3. The molecule has 0 bridgehead atoms. The van der Waals surface area contributed by atoms with Crippen LogP contribution in [0, 0.1) is 0 Å². The fraction of sp³-hybridized carbons (Fsp3) is 0.0625. The molecule has 0 atom stereocenters. The van der Waals surface area contributed by atoms with Crippen molar-refractivity contribution in [1.82, 2.24) is 15.0 Å². The Labute approximate surface area is 344 Å². The molecule has 0 saturated heterocycles. The van der Waals surface area contributed by atoms with Gasteiger partial charge in [-0.3, -0.25) is 38.7 Å². The van der Waals surface area contributed by atoms with Crippen LogP contribution in [0.5, 0.6) is 0 Å². The first-order valence-corrected chi connectivity index (χ1v) is 18.3. The Bertz CT molecular complexity index is 2560. The molecular weight excluding hydrogens is 763 g/mol. The van der Waals surface area contributed by atoms with Crippen molar-refractivity contribution in [3.63, 3.8) is 0 Å². The largest absolute Gasteiger partial charge is 0.428 e. The van der Waals surface area contributed by atoms with Gasteiger partial charge in [0.25, 0.3) is 19.4 Å². The van der Waals surface area contributed by atoms with E-state index in [0.717, 1.165) is 0 Å². The van der Waals surface area contributed by atoms with Crippen molar-refractivity contribution in [2.24, 2.45) is 0 Å². The van der Waals surface area contributed by atoms with Crippen LogP contribution in [0.3, 0.4) is 0 Å². The Morgan fingerprint density at radius 3 is 0.983 bits per heavy atom. The molecule has 6 rings (SSSR count). The van der Waals surface area contributed by atoms with Crippen LogP contribution in [-0.4, -0.2) is 51.7 Å². The molecule has 0 fully saturated rings. The zero-order valence-corrected chi connectivity index (χ0v) is 32.5. The van der Waals surface area contributed by atoms with E-state index in [2.05, 4.69) is 9.97 Å². The molecular formula is C48H35N3O9. The number of benzene rings is 3. The Balaban J connectivity index is 1.47. The summed E-state index contributed by atoms with van der Waals surface area (Å²) in [6.07, 6.45) is 8.08. The number of pyridine rings is 3. The van der Waals surface area contributed by atoms with E-state index in [4.69, 9.17) is 19.2 Å². The molecule has 0 aliphatic carbocycles. The lowest BCUT2D eigenvalue weighted by atomic mass is 10.0. The van der Waals surface area contributed by atoms with Crippen molar-refractivity contribution in [2.75, 3.05) is 0 Å². The minimum Gasteiger partial charge on any atom is -0.428 e. The fourth-order valence-corrected chi connectivity index (χ4v) is 6.02. The molecule has 3 aromatic heterocycles. The Morgan fingerprint density at radius 2 is 0.683 bits per heavy atom. The maximum Gasteiger partial charge on any atom is 0.298 e. The molecule has 3 aromatic carbocycles. The van der Waals surface area contributed by atoms with Crippen LogP contribution in [0.15, 0.2) is 122 Å². The summed E-state index contributed by atoms with van der Waals surface area (Å²) in [6, 6.07) is 30.3. The van der Waals surface area contributed by atoms with Gasteiger partial charge in [0.2, 0.25) is 0 Å². The van der Waals surface area contributed by atoms with E-state index in [1.165, 1.54) is 20.8 Å². The molecule has 0 saturated carbocycles. The van der Waals surface area contributed by atoms with E-state index in [9.17, 15) is 28.8 Å². The predicted octanol–water partition coefficient (Wildman–Crippen LogP) is 8.83. The molecule has 0 N–H and O–H groups in total. The molecule has 12 nitrogen and oxygen atoms in total. The van der Waals surface area contributed by atoms with Crippen LogP contribution in [-0.2, 0) is 28.6 Å². The van der Waals surface area contributed by atoms with E-state index >= 15 is 0 Å². The van der Waals surface area contributed by atoms with E-state index in [0.29, 0.717) is 92.3 Å². The summed E-state index contributed by atoms with van der Waals surface area (Å²) in [5.74, 6) is 0.331. The summed E-state index contributed by atoms with van der Waals surface area (Å²) in [6.45, 7) is 5.32. The van der Waals surface area contributed by atoms with E-state index < -0.39 is 0 Å². The van der Waals surface area contributed by atoms with Crippen molar-refractivity contribution in [1.29, 1.82) is 0 Å². The molecule has 60 heavy (non-hydrogen) atoms. The third-order valence-electron chi connectivity index (χ3n) is 9.09. The number of ketones is 3. The number of nitrogens with zero attached hydrogens (tertiary/aromatic N) is 3. The minimum atomic E-state index is -0.118. The van der Waals surface area contributed by atoms with Gasteiger partial charge in [-0.25, -0.2) is 4.98 Å². The van der Waals surface area contributed by atoms with Crippen molar-refractivity contribution in [2.45, 2.75) is 20.8 Å². The first-order valence-electron chi connectivity index (χ1n) is 18.3. The Hall–Kier alpha value is -8.25. The van der Waals surface area contributed by atoms with Gasteiger partial charge in [-0.1, -0.05) is 72.8 Å². The number of aromatic nitrogens is 3. The van der Waals surface area contributed by atoms with Crippen LogP contribution in [0.4, 0.5) is 0 Å². The van der Waals surface area contributed by atoms with Crippen LogP contribution in [0.1, 0.15) is 85.2 Å². The third kappa shape index (κ3) is 10.4. The smallest absolute Gasteiger partial charge is 0.298 e. The van der Waals surface area contributed by atoms with Crippen LogP contribution < -0.4 is 0 Å². The second-order valence-corrected chi connectivity index (χ2v) is 13.2. The summed E-state index contributed by atoms with van der Waals surface area (Å²) in [5, 5.41) is 0. The fourth-order valence-electron chi connectivity index (χ4n) is 6.02. The van der Waals surface area contributed by atoms with Gasteiger partial charge >= 0.3 is 0 Å². The number of carbonyl (C=O) groups is 6.